The van der Waals surface area contributed by atoms with Gasteiger partial charge in [-0.1, -0.05) is 0 Å². The molecule has 0 spiro atoms. The van der Waals surface area contributed by atoms with Crippen LogP contribution in [0.3, 0.4) is 0 Å². The number of piperazine rings is 1. The maximum atomic E-state index is 11.9. The normalized spacial score (nSPS) is 16.6. The summed E-state index contributed by atoms with van der Waals surface area (Å²) in [5.74, 6) is 0.431. The minimum atomic E-state index is -0.507. The van der Waals surface area contributed by atoms with E-state index >= 15 is 0 Å². The molecule has 0 atom stereocenters. The molecule has 1 heterocycles. The summed E-state index contributed by atoms with van der Waals surface area (Å²) >= 11 is 0. The number of aliphatic imine (C=N–C) groups is 1. The van der Waals surface area contributed by atoms with Gasteiger partial charge in [0.25, 0.3) is 0 Å². The fourth-order valence-electron chi connectivity index (χ4n) is 2.63. The average molecular weight is 370 g/mol. The summed E-state index contributed by atoms with van der Waals surface area (Å²) in [7, 11) is 0. The van der Waals surface area contributed by atoms with E-state index in [2.05, 4.69) is 25.4 Å². The Morgan fingerprint density at radius 2 is 1.77 bits per heavy atom. The topological polar surface area (TPSA) is 86.3 Å². The van der Waals surface area contributed by atoms with Crippen molar-refractivity contribution in [2.45, 2.75) is 53.2 Å². The van der Waals surface area contributed by atoms with Gasteiger partial charge in [-0.25, -0.2) is 4.99 Å². The van der Waals surface area contributed by atoms with Crippen LogP contribution in [0.5, 0.6) is 0 Å². The molecule has 0 saturated carbocycles. The first kappa shape index (κ1) is 22.2. The first-order chi connectivity index (χ1) is 12.1. The van der Waals surface area contributed by atoms with E-state index in [1.807, 2.05) is 41.5 Å². The number of carbonyl (C=O) groups excluding carboxylic acids is 2. The van der Waals surface area contributed by atoms with E-state index in [0.29, 0.717) is 12.5 Å². The fourth-order valence-corrected chi connectivity index (χ4v) is 2.63. The number of rotatable bonds is 6. The minimum absolute atomic E-state index is 0.00336. The Balaban J connectivity index is 2.53. The smallest absolute Gasteiger partial charge is 0.328 e. The monoisotopic (exact) mass is 369 g/mol. The maximum absolute atomic E-state index is 11.9. The quantitative estimate of drug-likeness (QED) is 0.401. The highest BCUT2D eigenvalue weighted by Gasteiger charge is 2.22. The Bertz CT molecular complexity index is 492. The van der Waals surface area contributed by atoms with E-state index in [4.69, 9.17) is 4.74 Å². The van der Waals surface area contributed by atoms with Crippen LogP contribution in [0.25, 0.3) is 0 Å². The lowest BCUT2D eigenvalue weighted by molar-refractivity contribution is -0.152. The Morgan fingerprint density at radius 1 is 1.15 bits per heavy atom. The first-order valence-corrected chi connectivity index (χ1v) is 9.37. The molecule has 1 aliphatic heterocycles. The molecule has 0 bridgehead atoms. The molecule has 0 radical (unpaired) electrons. The largest absolute Gasteiger partial charge is 0.459 e. The van der Waals surface area contributed by atoms with Crippen LogP contribution >= 0.6 is 0 Å². The highest BCUT2D eigenvalue weighted by molar-refractivity contribution is 5.83. The van der Waals surface area contributed by atoms with E-state index in [0.717, 1.165) is 32.7 Å². The number of amides is 1. The van der Waals surface area contributed by atoms with Crippen LogP contribution in [0.4, 0.5) is 0 Å². The van der Waals surface area contributed by atoms with Crippen molar-refractivity contribution in [3.63, 3.8) is 0 Å². The van der Waals surface area contributed by atoms with Crippen LogP contribution in [-0.4, -0.2) is 85.1 Å². The zero-order chi connectivity index (χ0) is 19.7. The number of ether oxygens (including phenoxy) is 1. The molecule has 0 aromatic carbocycles. The molecule has 26 heavy (non-hydrogen) atoms. The number of nitrogens with zero attached hydrogens (tertiary/aromatic N) is 3. The third-order valence-electron chi connectivity index (χ3n) is 3.60. The standard InChI is InChI=1S/C18H35N5O3/c1-7-19-17(20-12-16(25)26-18(4,5)6)23-10-8-22(9-11-23)13-15(24)21-14(2)3/h14H,7-13H2,1-6H3,(H,19,20)(H,21,24). The summed E-state index contributed by atoms with van der Waals surface area (Å²) in [6, 6.07) is 0.157. The summed E-state index contributed by atoms with van der Waals surface area (Å²) in [6.45, 7) is 15.7. The van der Waals surface area contributed by atoms with Gasteiger partial charge < -0.3 is 20.3 Å². The van der Waals surface area contributed by atoms with Gasteiger partial charge in [0.2, 0.25) is 5.91 Å². The molecule has 0 unspecified atom stereocenters. The lowest BCUT2D eigenvalue weighted by Crippen LogP contribution is -2.54. The summed E-state index contributed by atoms with van der Waals surface area (Å²) in [6.07, 6.45) is 0. The van der Waals surface area contributed by atoms with Crippen LogP contribution < -0.4 is 10.6 Å². The van der Waals surface area contributed by atoms with Gasteiger partial charge in [-0.05, 0) is 41.5 Å². The van der Waals surface area contributed by atoms with Crippen molar-refractivity contribution in [2.75, 3.05) is 45.8 Å². The lowest BCUT2D eigenvalue weighted by atomic mass is 10.2. The molecule has 1 rings (SSSR count). The minimum Gasteiger partial charge on any atom is -0.459 e. The zero-order valence-corrected chi connectivity index (χ0v) is 17.1. The van der Waals surface area contributed by atoms with Crippen molar-refractivity contribution in [3.05, 3.63) is 0 Å². The Hall–Kier alpha value is -1.83. The number of hydrogen-bond acceptors (Lipinski definition) is 5. The Labute approximate surface area is 157 Å². The second-order valence-corrected chi connectivity index (χ2v) is 7.74. The lowest BCUT2D eigenvalue weighted by Gasteiger charge is -2.36. The van der Waals surface area contributed by atoms with Crippen molar-refractivity contribution in [2.24, 2.45) is 4.99 Å². The summed E-state index contributed by atoms with van der Waals surface area (Å²) in [5.41, 5.74) is -0.507. The molecule has 0 aromatic heterocycles. The number of guanidine groups is 1. The Kier molecular flexibility index (Phi) is 8.84. The van der Waals surface area contributed by atoms with Gasteiger partial charge in [0.1, 0.15) is 12.1 Å². The van der Waals surface area contributed by atoms with Gasteiger partial charge in [-0.3, -0.25) is 14.5 Å². The third kappa shape index (κ3) is 9.03. The van der Waals surface area contributed by atoms with Crippen LogP contribution in [0, 0.1) is 0 Å². The summed E-state index contributed by atoms with van der Waals surface area (Å²) in [5, 5.41) is 6.14. The van der Waals surface area contributed by atoms with Crippen LogP contribution in [0.15, 0.2) is 4.99 Å². The van der Waals surface area contributed by atoms with E-state index in [1.54, 1.807) is 0 Å². The summed E-state index contributed by atoms with van der Waals surface area (Å²) in [4.78, 5) is 32.4. The molecule has 2 N–H and O–H groups in total. The van der Waals surface area contributed by atoms with E-state index in [-0.39, 0.29) is 24.5 Å². The summed E-state index contributed by atoms with van der Waals surface area (Å²) < 4.78 is 5.30. The number of nitrogens with one attached hydrogen (secondary N) is 2. The van der Waals surface area contributed by atoms with Gasteiger partial charge in [-0.2, -0.15) is 0 Å². The zero-order valence-electron chi connectivity index (χ0n) is 17.1. The Morgan fingerprint density at radius 3 is 2.27 bits per heavy atom. The molecular weight excluding hydrogens is 334 g/mol. The van der Waals surface area contributed by atoms with E-state index in [1.165, 1.54) is 0 Å². The molecule has 150 valence electrons. The van der Waals surface area contributed by atoms with E-state index < -0.39 is 5.60 Å². The van der Waals surface area contributed by atoms with Crippen LogP contribution in [0.2, 0.25) is 0 Å². The predicted octanol–water partition coefficient (Wildman–Crippen LogP) is 0.436. The molecule has 1 amide bonds. The SMILES string of the molecule is CCNC(=NCC(=O)OC(C)(C)C)N1CCN(CC(=O)NC(C)C)CC1. The second kappa shape index (κ2) is 10.4. The molecule has 8 nitrogen and oxygen atoms in total. The van der Waals surface area contributed by atoms with Gasteiger partial charge in [0, 0.05) is 38.8 Å². The highest BCUT2D eigenvalue weighted by atomic mass is 16.6. The molecule has 8 heteroatoms. The van der Waals surface area contributed by atoms with Crippen molar-refractivity contribution >= 4 is 17.8 Å². The number of esters is 1. The van der Waals surface area contributed by atoms with Crippen molar-refractivity contribution < 1.29 is 14.3 Å². The van der Waals surface area contributed by atoms with Gasteiger partial charge in [-0.15, -0.1) is 0 Å². The van der Waals surface area contributed by atoms with Crippen molar-refractivity contribution in [3.8, 4) is 0 Å². The highest BCUT2D eigenvalue weighted by Crippen LogP contribution is 2.07. The molecule has 1 saturated heterocycles. The molecule has 0 aromatic rings. The maximum Gasteiger partial charge on any atom is 0.328 e. The van der Waals surface area contributed by atoms with Gasteiger partial charge in [0.15, 0.2) is 5.96 Å². The second-order valence-electron chi connectivity index (χ2n) is 7.74. The molecule has 0 aliphatic carbocycles. The van der Waals surface area contributed by atoms with Gasteiger partial charge >= 0.3 is 5.97 Å². The van der Waals surface area contributed by atoms with E-state index in [9.17, 15) is 9.59 Å². The molecule has 1 fully saturated rings. The number of carbonyl (C=O) groups is 2. The fraction of sp³-hybridized carbons (Fsp3) is 0.833. The molecule has 1 aliphatic rings. The van der Waals surface area contributed by atoms with Crippen molar-refractivity contribution in [1.29, 1.82) is 0 Å². The predicted molar refractivity (Wildman–Crippen MR) is 103 cm³/mol. The van der Waals surface area contributed by atoms with Crippen LogP contribution in [-0.2, 0) is 14.3 Å². The first-order valence-electron chi connectivity index (χ1n) is 9.37. The number of hydrogen-bond donors (Lipinski definition) is 2. The average Bonchev–Trinajstić information content (AvgIpc) is 2.49. The van der Waals surface area contributed by atoms with Crippen LogP contribution in [0.1, 0.15) is 41.5 Å². The van der Waals surface area contributed by atoms with Gasteiger partial charge in [0.05, 0.1) is 6.54 Å². The molecular formula is C18H35N5O3. The van der Waals surface area contributed by atoms with Crippen molar-refractivity contribution in [1.82, 2.24) is 20.4 Å². The third-order valence-corrected chi connectivity index (χ3v) is 3.60.